The van der Waals surface area contributed by atoms with Gasteiger partial charge in [0, 0.05) is 26.1 Å². The van der Waals surface area contributed by atoms with Crippen molar-refractivity contribution in [3.8, 4) is 0 Å². The molecule has 0 radical (unpaired) electrons. The Morgan fingerprint density at radius 2 is 1.92 bits per heavy atom. The molecule has 0 spiro atoms. The van der Waals surface area contributed by atoms with E-state index in [0.717, 1.165) is 30.7 Å². The largest absolute Gasteiger partial charge is 0.469 e. The first-order chi connectivity index (χ1) is 11.7. The van der Waals surface area contributed by atoms with Crippen molar-refractivity contribution >= 4 is 5.96 Å². The SMILES string of the molecule is CCCN=C(NCCc1ccco1)NCCc1cc(F)ccc1F. The van der Waals surface area contributed by atoms with Crippen LogP contribution in [-0.2, 0) is 12.8 Å². The second-order valence-corrected chi connectivity index (χ2v) is 5.40. The molecule has 0 saturated heterocycles. The average molecular weight is 335 g/mol. The van der Waals surface area contributed by atoms with E-state index in [9.17, 15) is 8.78 Å². The van der Waals surface area contributed by atoms with Crippen LogP contribution in [0.15, 0.2) is 46.0 Å². The van der Waals surface area contributed by atoms with Crippen LogP contribution in [0.3, 0.4) is 0 Å². The molecule has 2 rings (SSSR count). The topological polar surface area (TPSA) is 49.6 Å². The van der Waals surface area contributed by atoms with Crippen LogP contribution in [0.4, 0.5) is 8.78 Å². The predicted molar refractivity (Wildman–Crippen MR) is 91.1 cm³/mol. The number of halogens is 2. The van der Waals surface area contributed by atoms with Gasteiger partial charge >= 0.3 is 0 Å². The summed E-state index contributed by atoms with van der Waals surface area (Å²) in [5.41, 5.74) is 0.355. The molecule has 0 aliphatic heterocycles. The molecule has 130 valence electrons. The van der Waals surface area contributed by atoms with Gasteiger partial charge in [0.15, 0.2) is 5.96 Å². The Balaban J connectivity index is 1.81. The molecule has 0 atom stereocenters. The zero-order valence-electron chi connectivity index (χ0n) is 13.8. The van der Waals surface area contributed by atoms with E-state index in [-0.39, 0.29) is 0 Å². The highest BCUT2D eigenvalue weighted by molar-refractivity contribution is 5.79. The molecule has 1 heterocycles. The maximum atomic E-state index is 13.6. The maximum Gasteiger partial charge on any atom is 0.191 e. The highest BCUT2D eigenvalue weighted by Crippen LogP contribution is 2.09. The lowest BCUT2D eigenvalue weighted by Crippen LogP contribution is -2.39. The molecular formula is C18H23F2N3O. The molecule has 2 N–H and O–H groups in total. The van der Waals surface area contributed by atoms with Crippen molar-refractivity contribution in [2.24, 2.45) is 4.99 Å². The van der Waals surface area contributed by atoms with Crippen molar-refractivity contribution in [2.45, 2.75) is 26.2 Å². The molecular weight excluding hydrogens is 312 g/mol. The second kappa shape index (κ2) is 9.70. The minimum Gasteiger partial charge on any atom is -0.469 e. The van der Waals surface area contributed by atoms with Crippen LogP contribution in [0, 0.1) is 11.6 Å². The van der Waals surface area contributed by atoms with Crippen LogP contribution >= 0.6 is 0 Å². The number of aliphatic imine (C=N–C) groups is 1. The molecule has 0 unspecified atom stereocenters. The molecule has 0 fully saturated rings. The number of nitrogens with one attached hydrogen (secondary N) is 2. The van der Waals surface area contributed by atoms with Gasteiger partial charge in [0.2, 0.25) is 0 Å². The predicted octanol–water partition coefficient (Wildman–Crippen LogP) is 3.29. The van der Waals surface area contributed by atoms with Crippen molar-refractivity contribution in [2.75, 3.05) is 19.6 Å². The van der Waals surface area contributed by atoms with Gasteiger partial charge in [0.1, 0.15) is 17.4 Å². The highest BCUT2D eigenvalue weighted by atomic mass is 19.1. The van der Waals surface area contributed by atoms with Crippen LogP contribution in [-0.4, -0.2) is 25.6 Å². The minimum absolute atomic E-state index is 0.355. The first-order valence-corrected chi connectivity index (χ1v) is 8.17. The van der Waals surface area contributed by atoms with Crippen LogP contribution in [0.1, 0.15) is 24.7 Å². The molecule has 1 aromatic heterocycles. The monoisotopic (exact) mass is 335 g/mol. The molecule has 24 heavy (non-hydrogen) atoms. The zero-order chi connectivity index (χ0) is 17.2. The summed E-state index contributed by atoms with van der Waals surface area (Å²) in [6.07, 6.45) is 3.71. The van der Waals surface area contributed by atoms with Crippen molar-refractivity contribution in [3.05, 3.63) is 59.6 Å². The van der Waals surface area contributed by atoms with Crippen molar-refractivity contribution in [1.82, 2.24) is 10.6 Å². The summed E-state index contributed by atoms with van der Waals surface area (Å²) >= 11 is 0. The Labute approximate surface area is 141 Å². The van der Waals surface area contributed by atoms with Gasteiger partial charge in [-0.25, -0.2) is 8.78 Å². The summed E-state index contributed by atoms with van der Waals surface area (Å²) in [6, 6.07) is 7.27. The average Bonchev–Trinajstić information content (AvgIpc) is 3.08. The van der Waals surface area contributed by atoms with E-state index in [0.29, 0.717) is 37.6 Å². The number of hydrogen-bond acceptors (Lipinski definition) is 2. The minimum atomic E-state index is -0.428. The highest BCUT2D eigenvalue weighted by Gasteiger charge is 2.05. The van der Waals surface area contributed by atoms with Gasteiger partial charge in [-0.3, -0.25) is 4.99 Å². The number of hydrogen-bond donors (Lipinski definition) is 2. The Morgan fingerprint density at radius 1 is 1.12 bits per heavy atom. The number of guanidine groups is 1. The maximum absolute atomic E-state index is 13.6. The van der Waals surface area contributed by atoms with E-state index in [2.05, 4.69) is 15.6 Å². The smallest absolute Gasteiger partial charge is 0.191 e. The summed E-state index contributed by atoms with van der Waals surface area (Å²) in [5.74, 6) is 0.748. The fourth-order valence-corrected chi connectivity index (χ4v) is 2.21. The van der Waals surface area contributed by atoms with Crippen molar-refractivity contribution in [3.63, 3.8) is 0 Å². The third kappa shape index (κ3) is 6.02. The molecule has 0 saturated carbocycles. The third-order valence-corrected chi connectivity index (χ3v) is 3.43. The van der Waals surface area contributed by atoms with E-state index < -0.39 is 11.6 Å². The fraction of sp³-hybridized carbons (Fsp3) is 0.389. The summed E-state index contributed by atoms with van der Waals surface area (Å²) in [7, 11) is 0. The molecule has 1 aromatic carbocycles. The number of rotatable bonds is 8. The van der Waals surface area contributed by atoms with E-state index in [4.69, 9.17) is 4.42 Å². The molecule has 0 bridgehead atoms. The van der Waals surface area contributed by atoms with Gasteiger partial charge in [-0.1, -0.05) is 6.92 Å². The Bertz CT molecular complexity index is 642. The van der Waals surface area contributed by atoms with Gasteiger partial charge in [0.25, 0.3) is 0 Å². The van der Waals surface area contributed by atoms with Crippen LogP contribution in [0.25, 0.3) is 0 Å². The standard InChI is InChI=1S/C18H23F2N3O/c1-2-9-21-18(23-11-8-16-4-3-12-24-16)22-10-7-14-13-15(19)5-6-17(14)20/h3-6,12-13H,2,7-11H2,1H3,(H2,21,22,23). The normalized spacial score (nSPS) is 11.5. The Morgan fingerprint density at radius 3 is 2.62 bits per heavy atom. The lowest BCUT2D eigenvalue weighted by Gasteiger charge is -2.12. The van der Waals surface area contributed by atoms with Crippen LogP contribution in [0.5, 0.6) is 0 Å². The number of furan rings is 1. The number of benzene rings is 1. The number of nitrogens with zero attached hydrogens (tertiary/aromatic N) is 1. The lowest BCUT2D eigenvalue weighted by atomic mass is 10.1. The van der Waals surface area contributed by atoms with Gasteiger partial charge in [0.05, 0.1) is 6.26 Å². The summed E-state index contributed by atoms with van der Waals surface area (Å²) in [5, 5.41) is 6.37. The second-order valence-electron chi connectivity index (χ2n) is 5.40. The van der Waals surface area contributed by atoms with Crippen molar-refractivity contribution < 1.29 is 13.2 Å². The molecule has 0 amide bonds. The van der Waals surface area contributed by atoms with Gasteiger partial charge in [-0.2, -0.15) is 0 Å². The first kappa shape index (κ1) is 18.0. The first-order valence-electron chi connectivity index (χ1n) is 8.17. The third-order valence-electron chi connectivity index (χ3n) is 3.43. The molecule has 4 nitrogen and oxygen atoms in total. The van der Waals surface area contributed by atoms with E-state index in [1.54, 1.807) is 6.26 Å². The summed E-state index contributed by atoms with van der Waals surface area (Å²) in [6.45, 7) is 3.89. The van der Waals surface area contributed by atoms with Crippen LogP contribution < -0.4 is 10.6 Å². The lowest BCUT2D eigenvalue weighted by molar-refractivity contribution is 0.506. The Kier molecular flexibility index (Phi) is 7.26. The van der Waals surface area contributed by atoms with Gasteiger partial charge in [-0.15, -0.1) is 0 Å². The van der Waals surface area contributed by atoms with Crippen LogP contribution in [0.2, 0.25) is 0 Å². The molecule has 2 aromatic rings. The van der Waals surface area contributed by atoms with E-state index in [1.807, 2.05) is 19.1 Å². The van der Waals surface area contributed by atoms with E-state index in [1.165, 1.54) is 6.07 Å². The fourth-order valence-electron chi connectivity index (χ4n) is 2.21. The summed E-state index contributed by atoms with van der Waals surface area (Å²) < 4.78 is 32.1. The Hall–Kier alpha value is -2.37. The summed E-state index contributed by atoms with van der Waals surface area (Å²) in [4.78, 5) is 4.43. The van der Waals surface area contributed by atoms with E-state index >= 15 is 0 Å². The zero-order valence-corrected chi connectivity index (χ0v) is 13.8. The quantitative estimate of drug-likeness (QED) is 0.575. The van der Waals surface area contributed by atoms with Gasteiger partial charge < -0.3 is 15.1 Å². The molecule has 6 heteroatoms. The molecule has 0 aliphatic rings. The molecule has 0 aliphatic carbocycles. The van der Waals surface area contributed by atoms with Crippen molar-refractivity contribution in [1.29, 1.82) is 0 Å². The van der Waals surface area contributed by atoms with Gasteiger partial charge in [-0.05, 0) is 48.7 Å².